The van der Waals surface area contributed by atoms with E-state index in [0.29, 0.717) is 63.4 Å². The maximum atomic E-state index is 14.5. The van der Waals surface area contributed by atoms with E-state index >= 15 is 0 Å². The third-order valence-electron chi connectivity index (χ3n) is 14.9. The van der Waals surface area contributed by atoms with Gasteiger partial charge in [-0.05, 0) is 127 Å². The van der Waals surface area contributed by atoms with Crippen LogP contribution in [0.4, 0.5) is 0 Å². The molecule has 69 heavy (non-hydrogen) atoms. The SMILES string of the molecule is CO[C@H]1C[C@@H]2CC[C@@H](C)[C@@](O)(O2)C(=O)C(=O)N2CCCC[C@H]2C(=O)O[C@H]([C@H](C)C[C@@H]2CC[C@@H](O)[C@H](OC)C2)CC(=O)[C@H](C)/C=C(\C)[C@@H](O[Si](C)(C)C)[C@@H](OC)C(=O)[C@H](C)C[C@H](C)\C=C/C=C/C=C/1C. The molecule has 390 valence electrons. The molecule has 3 fully saturated rings. The minimum absolute atomic E-state index is 0.0556. The number of rotatable bonds is 8. The highest BCUT2D eigenvalue weighted by atomic mass is 28.4. The number of nitrogens with zero attached hydrogens (tertiary/aromatic N) is 1. The standard InChI is InChI=1S/C54H87NO13Si/c1-33-19-15-14-16-20-34(2)45(63-8)31-41-24-22-39(7)54(62,67-41)51(59)52(60)55-26-18-17-21-42(55)53(61)66-46(36(4)29-40-23-25-43(56)47(30-40)64-9)32-44(57)35(3)28-38(6)49(68-69(11,12)13)50(65-10)48(58)37(5)27-33/h14-16,19-20,28,33,35-37,39-43,45-47,49-50,56,62H,17-18,21-27,29-32H2,1-13H3/b16-14+,19-15-,34-20+,38-28+/t33-,35-,36-,37-,39-,40+,41+,42+,43-,45+,46+,47-,49-,50+,54-/m1/s1. The van der Waals surface area contributed by atoms with Crippen LogP contribution in [0.5, 0.6) is 0 Å². The van der Waals surface area contributed by atoms with Crippen molar-refractivity contribution in [1.29, 1.82) is 0 Å². The topological polar surface area (TPSA) is 184 Å². The first-order valence-corrected chi connectivity index (χ1v) is 29.0. The van der Waals surface area contributed by atoms with E-state index in [9.17, 15) is 34.2 Å². The van der Waals surface area contributed by atoms with E-state index < -0.39 is 86.3 Å². The fourth-order valence-corrected chi connectivity index (χ4v) is 11.7. The Balaban J connectivity index is 1.76. The number of carbonyl (C=O) groups excluding carboxylic acids is 5. The number of methoxy groups -OCH3 is 3. The Hall–Kier alpha value is -3.15. The first-order chi connectivity index (χ1) is 32.4. The van der Waals surface area contributed by atoms with Crippen LogP contribution in [0.15, 0.2) is 47.6 Å². The summed E-state index contributed by atoms with van der Waals surface area (Å²) < 4.78 is 36.7. The Labute approximate surface area is 414 Å². The Morgan fingerprint density at radius 1 is 0.841 bits per heavy atom. The highest BCUT2D eigenvalue weighted by Gasteiger charge is 2.53. The number of cyclic esters (lactones) is 1. The second-order valence-corrected chi connectivity index (χ2v) is 26.3. The Kier molecular flexibility index (Phi) is 22.4. The van der Waals surface area contributed by atoms with Crippen LogP contribution in [0.25, 0.3) is 0 Å². The minimum atomic E-state index is -2.42. The molecule has 2 saturated heterocycles. The monoisotopic (exact) mass is 986 g/mol. The highest BCUT2D eigenvalue weighted by Crippen LogP contribution is 2.38. The fraction of sp³-hybridized carbons (Fsp3) is 0.759. The number of hydrogen-bond acceptors (Lipinski definition) is 13. The molecule has 2 N–H and O–H groups in total. The Morgan fingerprint density at radius 2 is 1.55 bits per heavy atom. The molecule has 2 bridgehead atoms. The molecule has 14 nitrogen and oxygen atoms in total. The normalized spacial score (nSPS) is 39.0. The van der Waals surface area contributed by atoms with Crippen LogP contribution in [0, 0.1) is 35.5 Å². The lowest BCUT2D eigenvalue weighted by Gasteiger charge is -2.42. The summed E-state index contributed by atoms with van der Waals surface area (Å²) in [4.78, 5) is 73.1. The molecule has 4 rings (SSSR count). The van der Waals surface area contributed by atoms with Gasteiger partial charge in [0.15, 0.2) is 14.1 Å². The average molecular weight is 986 g/mol. The lowest BCUT2D eigenvalue weighted by atomic mass is 9.78. The van der Waals surface area contributed by atoms with E-state index in [1.54, 1.807) is 28.1 Å². The van der Waals surface area contributed by atoms with Gasteiger partial charge in [-0.1, -0.05) is 71.1 Å². The van der Waals surface area contributed by atoms with Crippen molar-refractivity contribution in [1.82, 2.24) is 4.90 Å². The summed E-state index contributed by atoms with van der Waals surface area (Å²) in [7, 11) is 2.40. The van der Waals surface area contributed by atoms with Gasteiger partial charge in [0.2, 0.25) is 5.79 Å². The molecular formula is C54H87NO13Si. The van der Waals surface area contributed by atoms with Crippen molar-refractivity contribution < 1.29 is 62.3 Å². The molecule has 15 heteroatoms. The molecule has 0 radical (unpaired) electrons. The van der Waals surface area contributed by atoms with Gasteiger partial charge in [0.05, 0.1) is 30.5 Å². The molecule has 3 heterocycles. The second-order valence-electron chi connectivity index (χ2n) is 21.8. The molecule has 15 atom stereocenters. The van der Waals surface area contributed by atoms with Gasteiger partial charge >= 0.3 is 5.97 Å². The molecule has 0 aromatic carbocycles. The molecule has 0 unspecified atom stereocenters. The first-order valence-electron chi connectivity index (χ1n) is 25.6. The molecule has 1 amide bonds. The number of fused-ring (bicyclic) bond motifs is 3. The number of hydrogen-bond donors (Lipinski definition) is 2. The first kappa shape index (κ1) is 58.4. The zero-order chi connectivity index (χ0) is 51.4. The smallest absolute Gasteiger partial charge is 0.329 e. The molecule has 0 aromatic rings. The van der Waals surface area contributed by atoms with Crippen LogP contribution in [-0.4, -0.2) is 135 Å². The average Bonchev–Trinajstić information content (AvgIpc) is 3.30. The van der Waals surface area contributed by atoms with Crippen LogP contribution < -0.4 is 0 Å². The van der Waals surface area contributed by atoms with Crippen molar-refractivity contribution in [2.45, 2.75) is 200 Å². The number of aliphatic hydroxyl groups excluding tert-OH is 1. The summed E-state index contributed by atoms with van der Waals surface area (Å²) in [6, 6.07) is -1.13. The zero-order valence-corrected chi connectivity index (χ0v) is 45.1. The van der Waals surface area contributed by atoms with Crippen LogP contribution in [0.1, 0.15) is 126 Å². The largest absolute Gasteiger partial charge is 0.460 e. The summed E-state index contributed by atoms with van der Waals surface area (Å²) in [6.07, 6.45) is 12.7. The summed E-state index contributed by atoms with van der Waals surface area (Å²) in [5, 5.41) is 22.5. The number of allylic oxidation sites excluding steroid dienone is 6. The molecule has 1 saturated carbocycles. The molecule has 1 aliphatic carbocycles. The molecule has 0 spiro atoms. The highest BCUT2D eigenvalue weighted by molar-refractivity contribution is 6.69. The summed E-state index contributed by atoms with van der Waals surface area (Å²) in [5.74, 6) is -7.43. The number of ketones is 3. The third kappa shape index (κ3) is 16.2. The Morgan fingerprint density at radius 3 is 2.20 bits per heavy atom. The van der Waals surface area contributed by atoms with E-state index in [4.69, 9.17) is 28.1 Å². The van der Waals surface area contributed by atoms with Gasteiger partial charge in [0, 0.05) is 58.5 Å². The zero-order valence-electron chi connectivity index (χ0n) is 44.1. The number of aliphatic hydroxyl groups is 2. The maximum Gasteiger partial charge on any atom is 0.329 e. The number of ether oxygens (including phenoxy) is 5. The van der Waals surface area contributed by atoms with Crippen molar-refractivity contribution in [3.8, 4) is 0 Å². The van der Waals surface area contributed by atoms with Gasteiger partial charge in [0.25, 0.3) is 11.7 Å². The van der Waals surface area contributed by atoms with Gasteiger partial charge in [0.1, 0.15) is 24.0 Å². The lowest BCUT2D eigenvalue weighted by molar-refractivity contribution is -0.265. The van der Waals surface area contributed by atoms with E-state index in [2.05, 4.69) is 6.92 Å². The maximum absolute atomic E-state index is 14.5. The van der Waals surface area contributed by atoms with E-state index in [1.165, 1.54) is 12.0 Å². The third-order valence-corrected chi connectivity index (χ3v) is 15.9. The lowest BCUT2D eigenvalue weighted by Crippen LogP contribution is -2.61. The Bertz CT molecular complexity index is 1870. The van der Waals surface area contributed by atoms with E-state index in [-0.39, 0.29) is 60.7 Å². The van der Waals surface area contributed by atoms with E-state index in [1.807, 2.05) is 83.8 Å². The molecule has 4 aliphatic rings. The number of carbonyl (C=O) groups is 5. The number of amides is 1. The van der Waals surface area contributed by atoms with Gasteiger partial charge in [-0.25, -0.2) is 4.79 Å². The quantitative estimate of drug-likeness (QED) is 0.103. The van der Waals surface area contributed by atoms with Gasteiger partial charge in [-0.3, -0.25) is 19.2 Å². The van der Waals surface area contributed by atoms with Gasteiger partial charge in [-0.2, -0.15) is 0 Å². The summed E-state index contributed by atoms with van der Waals surface area (Å²) >= 11 is 0. The van der Waals surface area contributed by atoms with E-state index in [0.717, 1.165) is 12.0 Å². The minimum Gasteiger partial charge on any atom is -0.460 e. The predicted molar refractivity (Wildman–Crippen MR) is 267 cm³/mol. The van der Waals surface area contributed by atoms with Crippen molar-refractivity contribution >= 4 is 37.5 Å². The van der Waals surface area contributed by atoms with Crippen molar-refractivity contribution in [3.63, 3.8) is 0 Å². The van der Waals surface area contributed by atoms with Gasteiger partial charge < -0.3 is 43.2 Å². The fourth-order valence-electron chi connectivity index (χ4n) is 10.6. The van der Waals surface area contributed by atoms with Crippen LogP contribution in [0.3, 0.4) is 0 Å². The number of Topliss-reactive ketones (excluding diaryl/α,β-unsaturated/α-hetero) is 3. The molecule has 3 aliphatic heterocycles. The number of esters is 1. The summed E-state index contributed by atoms with van der Waals surface area (Å²) in [5.41, 5.74) is 1.58. The van der Waals surface area contributed by atoms with Crippen LogP contribution in [-0.2, 0) is 52.1 Å². The van der Waals surface area contributed by atoms with Crippen molar-refractivity contribution in [2.24, 2.45) is 35.5 Å². The molecule has 0 aromatic heterocycles. The molecular weight excluding hydrogens is 899 g/mol. The second kappa shape index (κ2) is 26.5. The van der Waals surface area contributed by atoms with Crippen molar-refractivity contribution in [3.05, 3.63) is 47.6 Å². The van der Waals surface area contributed by atoms with Crippen molar-refractivity contribution in [2.75, 3.05) is 27.9 Å². The predicted octanol–water partition coefficient (Wildman–Crippen LogP) is 8.04. The van der Waals surface area contributed by atoms with Gasteiger partial charge in [-0.15, -0.1) is 0 Å². The van der Waals surface area contributed by atoms with Crippen LogP contribution >= 0.6 is 0 Å². The number of piperidine rings is 1. The van der Waals surface area contributed by atoms with Crippen LogP contribution in [0.2, 0.25) is 19.6 Å². The summed E-state index contributed by atoms with van der Waals surface area (Å²) in [6.45, 7) is 19.4.